The fourth-order valence-electron chi connectivity index (χ4n) is 3.58. The van der Waals surface area contributed by atoms with E-state index in [2.05, 4.69) is 20.3 Å². The first-order valence-electron chi connectivity index (χ1n) is 10.4. The number of hydrogen-bond donors (Lipinski definition) is 1. The Labute approximate surface area is 199 Å². The molecule has 3 heterocycles. The average molecular weight is 505 g/mol. The van der Waals surface area contributed by atoms with Gasteiger partial charge in [-0.3, -0.25) is 4.98 Å². The zero-order valence-electron chi connectivity index (χ0n) is 18.8. The number of fused-ring (bicyclic) bond motifs is 1. The lowest BCUT2D eigenvalue weighted by molar-refractivity contribution is 0.577. The summed E-state index contributed by atoms with van der Waals surface area (Å²) < 4.78 is 55.3. The van der Waals surface area contributed by atoms with E-state index in [9.17, 15) is 17.7 Å². The summed E-state index contributed by atoms with van der Waals surface area (Å²) in [5, 5.41) is 3.32. The van der Waals surface area contributed by atoms with Gasteiger partial charge in [-0.2, -0.15) is 0 Å². The Morgan fingerprint density at radius 3 is 2.41 bits per heavy atom. The number of hydrogen-bond acceptors (Lipinski definition) is 5. The molecule has 0 radical (unpaired) electrons. The van der Waals surface area contributed by atoms with E-state index in [1.807, 2.05) is 0 Å². The van der Waals surface area contributed by atoms with Gasteiger partial charge in [-0.1, -0.05) is 11.6 Å². The van der Waals surface area contributed by atoms with Gasteiger partial charge in [0.15, 0.2) is 5.82 Å². The normalized spacial score (nSPS) is 12.7. The first-order valence-corrected chi connectivity index (χ1v) is 13.3. The molecule has 0 saturated carbocycles. The maximum atomic E-state index is 15.0. The number of benzene rings is 1. The Balaban J connectivity index is 1.84. The molecule has 0 unspecified atom stereocenters. The predicted octanol–water partition coefficient (Wildman–Crippen LogP) is 6.49. The Kier molecular flexibility index (Phi) is 6.40. The van der Waals surface area contributed by atoms with E-state index in [0.29, 0.717) is 22.4 Å². The summed E-state index contributed by atoms with van der Waals surface area (Å²) in [5.74, 6) is -1.78. The summed E-state index contributed by atoms with van der Waals surface area (Å²) in [6.45, 7) is 6.50. The van der Waals surface area contributed by atoms with Crippen LogP contribution in [0.25, 0.3) is 22.3 Å². The lowest BCUT2D eigenvalue weighted by atomic mass is 10.1. The van der Waals surface area contributed by atoms with E-state index in [-0.39, 0.29) is 27.3 Å². The van der Waals surface area contributed by atoms with Crippen molar-refractivity contribution < 1.29 is 17.7 Å². The van der Waals surface area contributed by atoms with Gasteiger partial charge >= 0.3 is 0 Å². The molecular weight excluding hydrogens is 484 g/mol. The number of rotatable bonds is 5. The number of aromatic nitrogens is 3. The van der Waals surface area contributed by atoms with Crippen LogP contribution in [0.1, 0.15) is 24.2 Å². The zero-order chi connectivity index (χ0) is 24.8. The fourth-order valence-corrected chi connectivity index (χ4v) is 4.54. The molecule has 0 spiro atoms. The van der Waals surface area contributed by atoms with Gasteiger partial charge in [-0.05, 0) is 57.5 Å². The minimum atomic E-state index is -2.57. The molecular formula is C24H21ClF3N4OP. The van der Waals surface area contributed by atoms with Crippen molar-refractivity contribution >= 4 is 40.9 Å². The van der Waals surface area contributed by atoms with Crippen molar-refractivity contribution in [1.82, 2.24) is 15.0 Å². The number of halogens is 4. The average Bonchev–Trinajstić information content (AvgIpc) is 2.77. The van der Waals surface area contributed by atoms with E-state index in [1.165, 1.54) is 12.3 Å². The maximum absolute atomic E-state index is 15.0. The van der Waals surface area contributed by atoms with Crippen LogP contribution in [0, 0.1) is 24.4 Å². The molecule has 5 nitrogen and oxygen atoms in total. The molecule has 176 valence electrons. The topological polar surface area (TPSA) is 67.8 Å². The molecule has 0 aliphatic heterocycles. The molecule has 0 aliphatic carbocycles. The second-order valence-electron chi connectivity index (χ2n) is 8.36. The highest BCUT2D eigenvalue weighted by molar-refractivity contribution is 7.69. The Morgan fingerprint density at radius 1 is 1.03 bits per heavy atom. The quantitative estimate of drug-likeness (QED) is 0.315. The summed E-state index contributed by atoms with van der Waals surface area (Å²) in [4.78, 5) is 13.0. The van der Waals surface area contributed by atoms with Crippen LogP contribution in [0.3, 0.4) is 0 Å². The second kappa shape index (κ2) is 9.01. The minimum Gasteiger partial charge on any atom is -0.375 e. The van der Waals surface area contributed by atoms with Crippen molar-refractivity contribution in [2.45, 2.75) is 19.9 Å². The highest BCUT2D eigenvalue weighted by Crippen LogP contribution is 2.37. The summed E-state index contributed by atoms with van der Waals surface area (Å²) in [7, 11) is -2.57. The number of nitrogens with one attached hydrogen (secondary N) is 1. The highest BCUT2D eigenvalue weighted by Gasteiger charge is 2.21. The van der Waals surface area contributed by atoms with Crippen molar-refractivity contribution in [3.05, 3.63) is 76.3 Å². The molecule has 1 N–H and O–H groups in total. The van der Waals surface area contributed by atoms with E-state index in [1.54, 1.807) is 39.3 Å². The molecule has 0 aliphatic rings. The van der Waals surface area contributed by atoms with E-state index >= 15 is 0 Å². The van der Waals surface area contributed by atoms with Gasteiger partial charge in [0.25, 0.3) is 0 Å². The number of nitrogens with zero attached hydrogens (tertiary/aromatic N) is 3. The maximum Gasteiger partial charge on any atom is 0.151 e. The SMILES string of the molecule is Cc1nc2cc(F)c(-c3ccc(P(C)(C)=O)nc3)nc2c(N[C@H](C)c2cc(F)ccc2F)c1Cl. The van der Waals surface area contributed by atoms with Gasteiger partial charge in [0.1, 0.15) is 30.0 Å². The predicted molar refractivity (Wildman–Crippen MR) is 130 cm³/mol. The van der Waals surface area contributed by atoms with Crippen molar-refractivity contribution in [2.75, 3.05) is 18.6 Å². The van der Waals surface area contributed by atoms with Crippen LogP contribution in [-0.4, -0.2) is 28.3 Å². The van der Waals surface area contributed by atoms with E-state index in [4.69, 9.17) is 11.6 Å². The van der Waals surface area contributed by atoms with Crippen molar-refractivity contribution in [2.24, 2.45) is 0 Å². The number of aryl methyl sites for hydroxylation is 1. The van der Waals surface area contributed by atoms with Crippen molar-refractivity contribution in [1.29, 1.82) is 0 Å². The van der Waals surface area contributed by atoms with Gasteiger partial charge in [-0.25, -0.2) is 23.1 Å². The highest BCUT2D eigenvalue weighted by atomic mass is 35.5. The molecule has 3 aromatic heterocycles. The third-order valence-corrected chi connectivity index (χ3v) is 7.21. The van der Waals surface area contributed by atoms with Gasteiger partial charge < -0.3 is 9.88 Å². The van der Waals surface area contributed by atoms with Gasteiger partial charge in [0, 0.05) is 23.4 Å². The standard InChI is InChI=1S/C24H21ClF3N4OP/c1-12(16-9-15(26)6-7-17(16)27)31-24-21(25)13(2)30-19-10-18(28)22(32-23(19)24)14-5-8-20(29-11-14)34(3,4)33/h5-12H,1-4H3,(H,30,31)/t12-/m1/s1. The molecule has 1 atom stereocenters. The van der Waals surface area contributed by atoms with Gasteiger partial charge in [-0.15, -0.1) is 0 Å². The molecule has 4 aromatic rings. The minimum absolute atomic E-state index is 0.00273. The fraction of sp³-hybridized carbons (Fsp3) is 0.208. The van der Waals surface area contributed by atoms with E-state index in [0.717, 1.165) is 18.2 Å². The third-order valence-electron chi connectivity index (χ3n) is 5.38. The van der Waals surface area contributed by atoms with Crippen LogP contribution in [0.15, 0.2) is 42.6 Å². The van der Waals surface area contributed by atoms with Crippen LogP contribution in [0.4, 0.5) is 18.9 Å². The lowest BCUT2D eigenvalue weighted by Crippen LogP contribution is -2.11. The lowest BCUT2D eigenvalue weighted by Gasteiger charge is -2.20. The Bertz CT molecular complexity index is 1460. The summed E-state index contributed by atoms with van der Waals surface area (Å²) in [5.41, 5.74) is 2.15. The van der Waals surface area contributed by atoms with Crippen LogP contribution in [0.5, 0.6) is 0 Å². The molecule has 1 aromatic carbocycles. The zero-order valence-corrected chi connectivity index (χ0v) is 20.5. The summed E-state index contributed by atoms with van der Waals surface area (Å²) in [6, 6.07) is 6.92. The first-order chi connectivity index (χ1) is 16.0. The molecule has 10 heteroatoms. The van der Waals surface area contributed by atoms with Crippen LogP contribution >= 0.6 is 18.7 Å². The van der Waals surface area contributed by atoms with Crippen LogP contribution < -0.4 is 10.8 Å². The van der Waals surface area contributed by atoms with Gasteiger partial charge in [0.05, 0.1) is 33.4 Å². The smallest absolute Gasteiger partial charge is 0.151 e. The monoisotopic (exact) mass is 504 g/mol. The van der Waals surface area contributed by atoms with Crippen molar-refractivity contribution in [3.8, 4) is 11.3 Å². The molecule has 0 amide bonds. The van der Waals surface area contributed by atoms with Crippen LogP contribution in [0.2, 0.25) is 5.02 Å². The third kappa shape index (κ3) is 4.65. The molecule has 34 heavy (non-hydrogen) atoms. The summed E-state index contributed by atoms with van der Waals surface area (Å²) in [6.07, 6.45) is 1.41. The summed E-state index contributed by atoms with van der Waals surface area (Å²) >= 11 is 6.51. The molecule has 0 saturated heterocycles. The molecule has 4 rings (SSSR count). The molecule has 0 fully saturated rings. The van der Waals surface area contributed by atoms with Crippen molar-refractivity contribution in [3.63, 3.8) is 0 Å². The van der Waals surface area contributed by atoms with Gasteiger partial charge in [0.2, 0.25) is 0 Å². The molecule has 0 bridgehead atoms. The number of anilines is 1. The largest absolute Gasteiger partial charge is 0.375 e. The Hall–Kier alpha value is -2.96. The Morgan fingerprint density at radius 2 is 1.76 bits per heavy atom. The first kappa shape index (κ1) is 24.2. The van der Waals surface area contributed by atoms with Crippen LogP contribution in [-0.2, 0) is 4.57 Å². The second-order valence-corrected chi connectivity index (χ2v) is 11.9. The van der Waals surface area contributed by atoms with E-state index < -0.39 is 30.6 Å². The number of pyridine rings is 3.